The van der Waals surface area contributed by atoms with Crippen molar-refractivity contribution < 1.29 is 4.79 Å². The molecule has 1 atom stereocenters. The first-order valence-corrected chi connectivity index (χ1v) is 4.33. The Morgan fingerprint density at radius 1 is 1.67 bits per heavy atom. The van der Waals surface area contributed by atoms with E-state index >= 15 is 0 Å². The first-order valence-electron chi connectivity index (χ1n) is 4.33. The van der Waals surface area contributed by atoms with Crippen LogP contribution in [0.25, 0.3) is 0 Å². The number of nitrogens with one attached hydrogen (secondary N) is 2. The minimum atomic E-state index is 0.0239. The summed E-state index contributed by atoms with van der Waals surface area (Å²) >= 11 is 0. The molecule has 0 saturated carbocycles. The number of hydrogen-bond acceptors (Lipinski definition) is 2. The molecule has 0 aromatic rings. The maximum absolute atomic E-state index is 11.1. The van der Waals surface area contributed by atoms with Crippen LogP contribution in [0, 0.1) is 0 Å². The molecule has 1 amide bonds. The SMILES string of the molecule is C=CC(C)NC(=O)CNCCC. The number of rotatable bonds is 6. The van der Waals surface area contributed by atoms with Gasteiger partial charge < -0.3 is 10.6 Å². The van der Waals surface area contributed by atoms with Crippen molar-refractivity contribution in [1.29, 1.82) is 0 Å². The van der Waals surface area contributed by atoms with Crippen molar-refractivity contribution in [2.75, 3.05) is 13.1 Å². The Balaban J connectivity index is 3.39. The Morgan fingerprint density at radius 2 is 2.33 bits per heavy atom. The van der Waals surface area contributed by atoms with E-state index in [0.717, 1.165) is 13.0 Å². The van der Waals surface area contributed by atoms with E-state index in [1.165, 1.54) is 0 Å². The zero-order valence-electron chi connectivity index (χ0n) is 7.89. The van der Waals surface area contributed by atoms with Crippen LogP contribution in [0.3, 0.4) is 0 Å². The molecule has 12 heavy (non-hydrogen) atoms. The third kappa shape index (κ3) is 5.92. The molecular formula is C9H18N2O. The van der Waals surface area contributed by atoms with E-state index in [1.54, 1.807) is 6.08 Å². The molecule has 0 aliphatic rings. The Bertz CT molecular complexity index is 145. The average molecular weight is 170 g/mol. The van der Waals surface area contributed by atoms with Crippen molar-refractivity contribution in [3.63, 3.8) is 0 Å². The minimum Gasteiger partial charge on any atom is -0.349 e. The van der Waals surface area contributed by atoms with E-state index in [2.05, 4.69) is 24.1 Å². The smallest absolute Gasteiger partial charge is 0.234 e. The highest BCUT2D eigenvalue weighted by molar-refractivity contribution is 5.78. The Hall–Kier alpha value is -0.830. The molecule has 0 rings (SSSR count). The highest BCUT2D eigenvalue weighted by Gasteiger charge is 2.01. The molecule has 0 radical (unpaired) electrons. The standard InChI is InChI=1S/C9H18N2O/c1-4-6-10-7-9(12)11-8(3)5-2/h5,8,10H,2,4,6-7H2,1,3H3,(H,11,12). The molecule has 0 aromatic carbocycles. The first-order chi connectivity index (χ1) is 5.70. The average Bonchev–Trinajstić information content (AvgIpc) is 2.05. The molecule has 0 aliphatic heterocycles. The maximum atomic E-state index is 11.1. The molecule has 0 aliphatic carbocycles. The predicted octanol–water partition coefficient (Wildman–Crippen LogP) is 0.677. The molecule has 3 nitrogen and oxygen atoms in total. The van der Waals surface area contributed by atoms with Gasteiger partial charge in [0.15, 0.2) is 0 Å². The minimum absolute atomic E-state index is 0.0239. The fourth-order valence-corrected chi connectivity index (χ4v) is 0.743. The molecule has 0 spiro atoms. The Morgan fingerprint density at radius 3 is 2.83 bits per heavy atom. The second kappa shape index (κ2) is 6.85. The van der Waals surface area contributed by atoms with Crippen LogP contribution in [0.5, 0.6) is 0 Å². The fraction of sp³-hybridized carbons (Fsp3) is 0.667. The van der Waals surface area contributed by atoms with E-state index in [-0.39, 0.29) is 11.9 Å². The Kier molecular flexibility index (Phi) is 6.38. The summed E-state index contributed by atoms with van der Waals surface area (Å²) in [6.45, 7) is 8.81. The van der Waals surface area contributed by atoms with Gasteiger partial charge in [-0.05, 0) is 19.9 Å². The van der Waals surface area contributed by atoms with Crippen LogP contribution in [0.1, 0.15) is 20.3 Å². The molecule has 70 valence electrons. The number of carbonyl (C=O) groups excluding carboxylic acids is 1. The summed E-state index contributed by atoms with van der Waals surface area (Å²) in [4.78, 5) is 11.1. The van der Waals surface area contributed by atoms with Crippen molar-refractivity contribution >= 4 is 5.91 Å². The summed E-state index contributed by atoms with van der Waals surface area (Å²) in [7, 11) is 0. The van der Waals surface area contributed by atoms with Gasteiger partial charge in [-0.25, -0.2) is 0 Å². The molecule has 0 saturated heterocycles. The summed E-state index contributed by atoms with van der Waals surface area (Å²) in [5.41, 5.74) is 0. The van der Waals surface area contributed by atoms with Gasteiger partial charge in [0.25, 0.3) is 0 Å². The van der Waals surface area contributed by atoms with E-state index in [1.807, 2.05) is 6.92 Å². The van der Waals surface area contributed by atoms with Crippen molar-refractivity contribution in [2.24, 2.45) is 0 Å². The molecular weight excluding hydrogens is 152 g/mol. The third-order valence-corrected chi connectivity index (χ3v) is 1.45. The van der Waals surface area contributed by atoms with Gasteiger partial charge in [0.05, 0.1) is 6.54 Å². The van der Waals surface area contributed by atoms with E-state index in [4.69, 9.17) is 0 Å². The number of amides is 1. The zero-order valence-corrected chi connectivity index (χ0v) is 7.89. The summed E-state index contributed by atoms with van der Waals surface area (Å²) in [6, 6.07) is 0.0564. The largest absolute Gasteiger partial charge is 0.349 e. The second-order valence-corrected chi connectivity index (χ2v) is 2.77. The van der Waals surface area contributed by atoms with Crippen LogP contribution < -0.4 is 10.6 Å². The maximum Gasteiger partial charge on any atom is 0.234 e. The van der Waals surface area contributed by atoms with Crippen molar-refractivity contribution in [3.05, 3.63) is 12.7 Å². The predicted molar refractivity (Wildman–Crippen MR) is 51.0 cm³/mol. The lowest BCUT2D eigenvalue weighted by Gasteiger charge is -2.09. The highest BCUT2D eigenvalue weighted by Crippen LogP contribution is 1.80. The van der Waals surface area contributed by atoms with Gasteiger partial charge in [0.2, 0.25) is 5.91 Å². The first kappa shape index (κ1) is 11.2. The van der Waals surface area contributed by atoms with Crippen molar-refractivity contribution in [3.8, 4) is 0 Å². The van der Waals surface area contributed by atoms with E-state index in [0.29, 0.717) is 6.54 Å². The van der Waals surface area contributed by atoms with Gasteiger partial charge in [0, 0.05) is 6.04 Å². The summed E-state index contributed by atoms with van der Waals surface area (Å²) in [6.07, 6.45) is 2.75. The van der Waals surface area contributed by atoms with Crippen molar-refractivity contribution in [2.45, 2.75) is 26.3 Å². The Labute approximate surface area is 74.2 Å². The molecule has 2 N–H and O–H groups in total. The van der Waals surface area contributed by atoms with Crippen LogP contribution in [0.4, 0.5) is 0 Å². The second-order valence-electron chi connectivity index (χ2n) is 2.77. The summed E-state index contributed by atoms with van der Waals surface area (Å²) < 4.78 is 0. The normalized spacial score (nSPS) is 12.2. The molecule has 3 heteroatoms. The summed E-state index contributed by atoms with van der Waals surface area (Å²) in [5.74, 6) is 0.0239. The zero-order chi connectivity index (χ0) is 9.40. The quantitative estimate of drug-likeness (QED) is 0.454. The third-order valence-electron chi connectivity index (χ3n) is 1.45. The lowest BCUT2D eigenvalue weighted by molar-refractivity contribution is -0.120. The lowest BCUT2D eigenvalue weighted by Crippen LogP contribution is -2.38. The monoisotopic (exact) mass is 170 g/mol. The highest BCUT2D eigenvalue weighted by atomic mass is 16.1. The van der Waals surface area contributed by atoms with Gasteiger partial charge in [-0.15, -0.1) is 6.58 Å². The topological polar surface area (TPSA) is 41.1 Å². The van der Waals surface area contributed by atoms with E-state index < -0.39 is 0 Å². The lowest BCUT2D eigenvalue weighted by atomic mass is 10.3. The molecule has 0 heterocycles. The van der Waals surface area contributed by atoms with Gasteiger partial charge in [-0.1, -0.05) is 13.0 Å². The molecule has 0 aromatic heterocycles. The van der Waals surface area contributed by atoms with Crippen LogP contribution in [0.2, 0.25) is 0 Å². The van der Waals surface area contributed by atoms with E-state index in [9.17, 15) is 4.79 Å². The molecule has 0 fully saturated rings. The van der Waals surface area contributed by atoms with Gasteiger partial charge in [0.1, 0.15) is 0 Å². The van der Waals surface area contributed by atoms with Gasteiger partial charge in [-0.2, -0.15) is 0 Å². The van der Waals surface area contributed by atoms with Gasteiger partial charge in [-0.3, -0.25) is 4.79 Å². The van der Waals surface area contributed by atoms with Crippen LogP contribution in [0.15, 0.2) is 12.7 Å². The fourth-order valence-electron chi connectivity index (χ4n) is 0.743. The molecule has 1 unspecified atom stereocenters. The van der Waals surface area contributed by atoms with Gasteiger partial charge >= 0.3 is 0 Å². The molecule has 0 bridgehead atoms. The van der Waals surface area contributed by atoms with Crippen LogP contribution in [-0.2, 0) is 4.79 Å². The van der Waals surface area contributed by atoms with Crippen LogP contribution in [-0.4, -0.2) is 25.0 Å². The van der Waals surface area contributed by atoms with Crippen molar-refractivity contribution in [1.82, 2.24) is 10.6 Å². The van der Waals surface area contributed by atoms with Crippen LogP contribution >= 0.6 is 0 Å². The number of hydrogen-bond donors (Lipinski definition) is 2. The summed E-state index contributed by atoms with van der Waals surface area (Å²) in [5, 5.41) is 5.79. The number of carbonyl (C=O) groups is 1.